The van der Waals surface area contributed by atoms with E-state index in [1.54, 1.807) is 0 Å². The van der Waals surface area contributed by atoms with Crippen LogP contribution >= 0.6 is 0 Å². The first-order valence-corrected chi connectivity index (χ1v) is 9.42. The molecule has 0 N–H and O–H groups in total. The fraction of sp³-hybridized carbons (Fsp3) is 0.318. The van der Waals surface area contributed by atoms with Gasteiger partial charge in [0.2, 0.25) is 0 Å². The van der Waals surface area contributed by atoms with E-state index < -0.39 is 5.97 Å². The SMILES string of the molecule is CC(C)CCN1C(=O)c2ccc(C(=O)OCCOc3ccc(F)cc3)cc2C1=O. The molecule has 0 fully saturated rings. The molecular formula is C22H22FNO5. The van der Waals surface area contributed by atoms with E-state index in [9.17, 15) is 18.8 Å². The Balaban J connectivity index is 1.57. The molecule has 7 heteroatoms. The number of fused-ring (bicyclic) bond motifs is 1. The van der Waals surface area contributed by atoms with Gasteiger partial charge in [0.15, 0.2) is 0 Å². The summed E-state index contributed by atoms with van der Waals surface area (Å²) in [5.74, 6) is -0.877. The second kappa shape index (κ2) is 8.86. The van der Waals surface area contributed by atoms with Crippen molar-refractivity contribution in [2.24, 2.45) is 5.92 Å². The van der Waals surface area contributed by atoms with Crippen LogP contribution in [0, 0.1) is 11.7 Å². The van der Waals surface area contributed by atoms with Gasteiger partial charge >= 0.3 is 5.97 Å². The van der Waals surface area contributed by atoms with Gasteiger partial charge in [0.1, 0.15) is 24.8 Å². The summed E-state index contributed by atoms with van der Waals surface area (Å²) >= 11 is 0. The topological polar surface area (TPSA) is 72.9 Å². The van der Waals surface area contributed by atoms with Gasteiger partial charge in [-0.15, -0.1) is 0 Å². The normalized spacial score (nSPS) is 13.0. The highest BCUT2D eigenvalue weighted by molar-refractivity contribution is 6.21. The van der Waals surface area contributed by atoms with E-state index >= 15 is 0 Å². The van der Waals surface area contributed by atoms with Crippen molar-refractivity contribution in [2.75, 3.05) is 19.8 Å². The summed E-state index contributed by atoms with van der Waals surface area (Å²) in [6.07, 6.45) is 0.717. The molecule has 0 unspecified atom stereocenters. The first-order chi connectivity index (χ1) is 13.9. The molecule has 152 valence electrons. The largest absolute Gasteiger partial charge is 0.490 e. The lowest BCUT2D eigenvalue weighted by molar-refractivity contribution is 0.0450. The molecule has 0 aromatic heterocycles. The lowest BCUT2D eigenvalue weighted by atomic mass is 10.1. The monoisotopic (exact) mass is 399 g/mol. The lowest BCUT2D eigenvalue weighted by Gasteiger charge is -2.14. The summed E-state index contributed by atoms with van der Waals surface area (Å²) in [7, 11) is 0. The van der Waals surface area contributed by atoms with Crippen LogP contribution in [-0.4, -0.2) is 42.4 Å². The molecule has 2 aromatic carbocycles. The molecule has 1 heterocycles. The van der Waals surface area contributed by atoms with Gasteiger partial charge in [0, 0.05) is 6.54 Å². The number of ether oxygens (including phenoxy) is 2. The number of esters is 1. The van der Waals surface area contributed by atoms with Crippen molar-refractivity contribution in [3.8, 4) is 5.75 Å². The van der Waals surface area contributed by atoms with Crippen LogP contribution in [0.25, 0.3) is 0 Å². The number of nitrogens with zero attached hydrogens (tertiary/aromatic N) is 1. The third-order valence-electron chi connectivity index (χ3n) is 4.54. The van der Waals surface area contributed by atoms with Crippen molar-refractivity contribution in [3.63, 3.8) is 0 Å². The van der Waals surface area contributed by atoms with Gasteiger partial charge in [-0.3, -0.25) is 14.5 Å². The lowest BCUT2D eigenvalue weighted by Crippen LogP contribution is -2.31. The van der Waals surface area contributed by atoms with Crippen molar-refractivity contribution in [3.05, 3.63) is 65.0 Å². The number of imide groups is 1. The predicted octanol–water partition coefficient (Wildman–Crippen LogP) is 3.70. The molecule has 0 radical (unpaired) electrons. The number of rotatable bonds is 8. The second-order valence-electron chi connectivity index (χ2n) is 7.14. The quantitative estimate of drug-likeness (QED) is 0.384. The Bertz CT molecular complexity index is 923. The Labute approximate surface area is 168 Å². The number of hydrogen-bond acceptors (Lipinski definition) is 5. The molecule has 29 heavy (non-hydrogen) atoms. The minimum Gasteiger partial charge on any atom is -0.490 e. The van der Waals surface area contributed by atoms with Gasteiger partial charge < -0.3 is 9.47 Å². The smallest absolute Gasteiger partial charge is 0.338 e. The standard InChI is InChI=1S/C22H22FNO5/c1-14(2)9-10-24-20(25)18-8-3-15(13-19(18)21(24)26)22(27)29-12-11-28-17-6-4-16(23)5-7-17/h3-8,13-14H,9-12H2,1-2H3. The fourth-order valence-electron chi connectivity index (χ4n) is 2.92. The second-order valence-corrected chi connectivity index (χ2v) is 7.14. The van der Waals surface area contributed by atoms with E-state index in [1.165, 1.54) is 47.4 Å². The van der Waals surface area contributed by atoms with E-state index in [4.69, 9.17) is 9.47 Å². The Hall–Kier alpha value is -3.22. The number of amides is 2. The average Bonchev–Trinajstić information content (AvgIpc) is 2.94. The van der Waals surface area contributed by atoms with Gasteiger partial charge in [-0.25, -0.2) is 9.18 Å². The third kappa shape index (κ3) is 4.80. The minimum atomic E-state index is -0.614. The van der Waals surface area contributed by atoms with Gasteiger partial charge in [0.25, 0.3) is 11.8 Å². The fourth-order valence-corrected chi connectivity index (χ4v) is 2.92. The summed E-state index contributed by atoms with van der Waals surface area (Å²) in [5.41, 5.74) is 0.711. The summed E-state index contributed by atoms with van der Waals surface area (Å²) < 4.78 is 23.4. The predicted molar refractivity (Wildman–Crippen MR) is 103 cm³/mol. The number of carbonyl (C=O) groups is 3. The van der Waals surface area contributed by atoms with E-state index in [-0.39, 0.29) is 42.0 Å². The number of benzene rings is 2. The minimum absolute atomic E-state index is 0.0132. The Morgan fingerprint density at radius 1 is 1.00 bits per heavy atom. The van der Waals surface area contributed by atoms with Gasteiger partial charge in [-0.05, 0) is 54.8 Å². The summed E-state index contributed by atoms with van der Waals surface area (Å²) in [6, 6.07) is 9.85. The Morgan fingerprint density at radius 2 is 1.69 bits per heavy atom. The van der Waals surface area contributed by atoms with Gasteiger partial charge in [0.05, 0.1) is 16.7 Å². The van der Waals surface area contributed by atoms with Crippen LogP contribution in [0.2, 0.25) is 0 Å². The molecule has 0 spiro atoms. The van der Waals surface area contributed by atoms with Crippen molar-refractivity contribution in [1.82, 2.24) is 4.90 Å². The molecule has 2 aromatic rings. The van der Waals surface area contributed by atoms with Crippen LogP contribution in [0.3, 0.4) is 0 Å². The maximum atomic E-state index is 12.8. The molecule has 0 atom stereocenters. The molecule has 1 aliphatic rings. The van der Waals surface area contributed by atoms with E-state index in [0.717, 1.165) is 0 Å². The van der Waals surface area contributed by atoms with Crippen molar-refractivity contribution in [1.29, 1.82) is 0 Å². The van der Waals surface area contributed by atoms with Crippen LogP contribution in [0.1, 0.15) is 51.3 Å². The molecule has 0 aliphatic carbocycles. The maximum Gasteiger partial charge on any atom is 0.338 e. The van der Waals surface area contributed by atoms with Gasteiger partial charge in [-0.1, -0.05) is 13.8 Å². The molecule has 6 nitrogen and oxygen atoms in total. The van der Waals surface area contributed by atoms with Crippen molar-refractivity contribution in [2.45, 2.75) is 20.3 Å². The van der Waals surface area contributed by atoms with E-state index in [0.29, 0.717) is 30.2 Å². The van der Waals surface area contributed by atoms with Gasteiger partial charge in [-0.2, -0.15) is 0 Å². The van der Waals surface area contributed by atoms with Crippen LogP contribution in [0.4, 0.5) is 4.39 Å². The number of halogens is 1. The molecule has 2 amide bonds. The molecule has 1 aliphatic heterocycles. The average molecular weight is 399 g/mol. The zero-order valence-electron chi connectivity index (χ0n) is 16.3. The first kappa shape index (κ1) is 20.5. The van der Waals surface area contributed by atoms with Crippen LogP contribution < -0.4 is 4.74 Å². The molecular weight excluding hydrogens is 377 g/mol. The van der Waals surface area contributed by atoms with Crippen molar-refractivity contribution < 1.29 is 28.2 Å². The molecule has 0 saturated heterocycles. The van der Waals surface area contributed by atoms with Crippen LogP contribution in [0.5, 0.6) is 5.75 Å². The van der Waals surface area contributed by atoms with Crippen LogP contribution in [-0.2, 0) is 4.74 Å². The highest BCUT2D eigenvalue weighted by atomic mass is 19.1. The van der Waals surface area contributed by atoms with E-state index in [1.807, 2.05) is 13.8 Å². The summed E-state index contributed by atoms with van der Waals surface area (Å²) in [4.78, 5) is 38.4. The zero-order valence-corrected chi connectivity index (χ0v) is 16.3. The maximum absolute atomic E-state index is 12.8. The van der Waals surface area contributed by atoms with Crippen LogP contribution in [0.15, 0.2) is 42.5 Å². The molecule has 3 rings (SSSR count). The Morgan fingerprint density at radius 3 is 2.38 bits per heavy atom. The number of hydrogen-bond donors (Lipinski definition) is 0. The zero-order chi connectivity index (χ0) is 21.0. The first-order valence-electron chi connectivity index (χ1n) is 9.42. The third-order valence-corrected chi connectivity index (χ3v) is 4.54. The summed E-state index contributed by atoms with van der Waals surface area (Å²) in [5, 5.41) is 0. The van der Waals surface area contributed by atoms with E-state index in [2.05, 4.69) is 0 Å². The Kier molecular flexibility index (Phi) is 6.26. The summed E-state index contributed by atoms with van der Waals surface area (Å²) in [6.45, 7) is 4.48. The number of carbonyl (C=O) groups excluding carboxylic acids is 3. The highest BCUT2D eigenvalue weighted by Crippen LogP contribution is 2.25. The molecule has 0 saturated carbocycles. The van der Waals surface area contributed by atoms with Crippen molar-refractivity contribution >= 4 is 17.8 Å². The highest BCUT2D eigenvalue weighted by Gasteiger charge is 2.35. The molecule has 0 bridgehead atoms.